The molecule has 0 bridgehead atoms. The van der Waals surface area contributed by atoms with Crippen molar-refractivity contribution in [3.8, 4) is 5.75 Å². The summed E-state index contributed by atoms with van der Waals surface area (Å²) in [5, 5.41) is 8.40. The molecule has 2 atom stereocenters. The van der Waals surface area contributed by atoms with Gasteiger partial charge < -0.3 is 15.4 Å². The van der Waals surface area contributed by atoms with E-state index in [9.17, 15) is 18.0 Å². The van der Waals surface area contributed by atoms with Crippen molar-refractivity contribution < 1.29 is 22.7 Å². The third-order valence-electron chi connectivity index (χ3n) is 4.16. The standard InChI is InChI=1S/C17H19F3N4O2/c1-24-10-11(9-21-24)15(17(18,19)20)23-16(25)22-13-6-4-8-26-14-7-3-2-5-12(13)14/h2-3,5,7,9-10,13,15H,4,6,8H2,1H3,(H2,22,23,25). The largest absolute Gasteiger partial charge is 0.493 e. The van der Waals surface area contributed by atoms with Crippen LogP contribution in [0.4, 0.5) is 18.0 Å². The maximum Gasteiger partial charge on any atom is 0.413 e. The van der Waals surface area contributed by atoms with E-state index in [0.29, 0.717) is 25.2 Å². The molecule has 1 aliphatic rings. The lowest BCUT2D eigenvalue weighted by Crippen LogP contribution is -2.44. The number of aryl methyl sites for hydroxylation is 1. The number of ether oxygens (including phenoxy) is 1. The van der Waals surface area contributed by atoms with Crippen LogP contribution >= 0.6 is 0 Å². The minimum Gasteiger partial charge on any atom is -0.493 e. The van der Waals surface area contributed by atoms with Crippen LogP contribution in [0, 0.1) is 0 Å². The number of hydrogen-bond donors (Lipinski definition) is 2. The lowest BCUT2D eigenvalue weighted by molar-refractivity contribution is -0.155. The number of alkyl halides is 3. The Morgan fingerprint density at radius 2 is 2.15 bits per heavy atom. The zero-order valence-corrected chi connectivity index (χ0v) is 14.1. The number of fused-ring (bicyclic) bond motifs is 1. The molecule has 2 heterocycles. The van der Waals surface area contributed by atoms with Gasteiger partial charge in [-0.15, -0.1) is 0 Å². The van der Waals surface area contributed by atoms with E-state index in [1.54, 1.807) is 18.2 Å². The minimum absolute atomic E-state index is 0.125. The maximum absolute atomic E-state index is 13.4. The van der Waals surface area contributed by atoms with Crippen molar-refractivity contribution >= 4 is 6.03 Å². The number of urea groups is 1. The average Bonchev–Trinajstić information content (AvgIpc) is 2.90. The average molecular weight is 368 g/mol. The number of aromatic nitrogens is 2. The molecule has 1 aromatic heterocycles. The van der Waals surface area contributed by atoms with E-state index in [0.717, 1.165) is 11.8 Å². The van der Waals surface area contributed by atoms with Crippen molar-refractivity contribution in [2.75, 3.05) is 6.61 Å². The highest BCUT2D eigenvalue weighted by atomic mass is 19.4. The predicted molar refractivity (Wildman–Crippen MR) is 87.6 cm³/mol. The first-order valence-corrected chi connectivity index (χ1v) is 8.18. The second kappa shape index (κ2) is 7.27. The van der Waals surface area contributed by atoms with Crippen molar-refractivity contribution in [3.05, 3.63) is 47.8 Å². The molecular formula is C17H19F3N4O2. The van der Waals surface area contributed by atoms with Gasteiger partial charge in [-0.2, -0.15) is 18.3 Å². The molecule has 26 heavy (non-hydrogen) atoms. The summed E-state index contributed by atoms with van der Waals surface area (Å²) >= 11 is 0. The third-order valence-corrected chi connectivity index (χ3v) is 4.16. The normalized spacial score (nSPS) is 18.2. The summed E-state index contributed by atoms with van der Waals surface area (Å²) in [6, 6.07) is 3.75. The molecule has 0 radical (unpaired) electrons. The molecule has 2 amide bonds. The number of para-hydroxylation sites is 1. The number of amides is 2. The number of benzene rings is 1. The number of carbonyl (C=O) groups is 1. The lowest BCUT2D eigenvalue weighted by Gasteiger charge is -2.23. The van der Waals surface area contributed by atoms with Crippen LogP contribution in [-0.2, 0) is 7.05 Å². The third kappa shape index (κ3) is 4.09. The van der Waals surface area contributed by atoms with E-state index in [4.69, 9.17) is 4.74 Å². The van der Waals surface area contributed by atoms with Crippen LogP contribution in [0.3, 0.4) is 0 Å². The molecule has 1 aliphatic heterocycles. The minimum atomic E-state index is -4.63. The van der Waals surface area contributed by atoms with Gasteiger partial charge in [-0.05, 0) is 18.9 Å². The molecule has 2 unspecified atom stereocenters. The van der Waals surface area contributed by atoms with E-state index in [2.05, 4.69) is 10.4 Å². The molecule has 140 valence electrons. The number of carbonyl (C=O) groups excluding carboxylic acids is 1. The summed E-state index contributed by atoms with van der Waals surface area (Å²) in [7, 11) is 1.51. The van der Waals surface area contributed by atoms with Crippen molar-refractivity contribution in [3.63, 3.8) is 0 Å². The van der Waals surface area contributed by atoms with Gasteiger partial charge >= 0.3 is 12.2 Å². The highest BCUT2D eigenvalue weighted by molar-refractivity contribution is 5.75. The van der Waals surface area contributed by atoms with Crippen molar-refractivity contribution in [2.45, 2.75) is 31.1 Å². The van der Waals surface area contributed by atoms with Gasteiger partial charge in [0, 0.05) is 24.4 Å². The van der Waals surface area contributed by atoms with Crippen molar-refractivity contribution in [1.29, 1.82) is 0 Å². The molecule has 0 saturated carbocycles. The molecule has 0 saturated heterocycles. The monoisotopic (exact) mass is 368 g/mol. The van der Waals surface area contributed by atoms with Gasteiger partial charge in [0.1, 0.15) is 5.75 Å². The number of nitrogens with one attached hydrogen (secondary N) is 2. The molecule has 1 aromatic carbocycles. The van der Waals surface area contributed by atoms with Crippen LogP contribution < -0.4 is 15.4 Å². The SMILES string of the molecule is Cn1cc(C(NC(=O)NC2CCCOc3ccccc32)C(F)(F)F)cn1. The maximum atomic E-state index is 13.4. The topological polar surface area (TPSA) is 68.2 Å². The van der Waals surface area contributed by atoms with E-state index in [-0.39, 0.29) is 5.56 Å². The zero-order valence-electron chi connectivity index (χ0n) is 14.1. The van der Waals surface area contributed by atoms with E-state index in [1.807, 2.05) is 11.4 Å². The van der Waals surface area contributed by atoms with Crippen LogP contribution in [-0.4, -0.2) is 28.6 Å². The number of nitrogens with zero attached hydrogens (tertiary/aromatic N) is 2. The summed E-state index contributed by atoms with van der Waals surface area (Å²) in [4.78, 5) is 12.3. The Labute approximate surface area is 148 Å². The first-order chi connectivity index (χ1) is 12.3. The van der Waals surface area contributed by atoms with Gasteiger partial charge in [-0.25, -0.2) is 4.79 Å². The fourth-order valence-corrected chi connectivity index (χ4v) is 2.95. The molecule has 0 spiro atoms. The Kier molecular flexibility index (Phi) is 5.06. The van der Waals surface area contributed by atoms with Gasteiger partial charge in [0.15, 0.2) is 6.04 Å². The fourth-order valence-electron chi connectivity index (χ4n) is 2.95. The van der Waals surface area contributed by atoms with E-state index < -0.39 is 24.3 Å². The summed E-state index contributed by atoms with van der Waals surface area (Å²) < 4.78 is 46.9. The van der Waals surface area contributed by atoms with Gasteiger partial charge in [0.05, 0.1) is 18.8 Å². The van der Waals surface area contributed by atoms with Crippen LogP contribution in [0.1, 0.15) is 36.1 Å². The fraction of sp³-hybridized carbons (Fsp3) is 0.412. The predicted octanol–water partition coefficient (Wildman–Crippen LogP) is 3.24. The smallest absolute Gasteiger partial charge is 0.413 e. The first kappa shape index (κ1) is 18.1. The highest BCUT2D eigenvalue weighted by Crippen LogP contribution is 2.33. The highest BCUT2D eigenvalue weighted by Gasteiger charge is 2.43. The second-order valence-electron chi connectivity index (χ2n) is 6.12. The number of halogens is 3. The van der Waals surface area contributed by atoms with Crippen LogP contribution in [0.25, 0.3) is 0 Å². The second-order valence-corrected chi connectivity index (χ2v) is 6.12. The lowest BCUT2D eigenvalue weighted by atomic mass is 10.0. The van der Waals surface area contributed by atoms with Gasteiger partial charge in [-0.1, -0.05) is 18.2 Å². The summed E-state index contributed by atoms with van der Waals surface area (Å²) in [6.45, 7) is 0.498. The molecule has 9 heteroatoms. The molecule has 3 rings (SSSR count). The number of rotatable bonds is 3. The molecule has 2 aromatic rings. The van der Waals surface area contributed by atoms with E-state index >= 15 is 0 Å². The van der Waals surface area contributed by atoms with Crippen LogP contribution in [0.2, 0.25) is 0 Å². The Hall–Kier alpha value is -2.71. The number of hydrogen-bond acceptors (Lipinski definition) is 3. The Morgan fingerprint density at radius 1 is 1.38 bits per heavy atom. The molecule has 6 nitrogen and oxygen atoms in total. The van der Waals surface area contributed by atoms with Gasteiger partial charge in [0.2, 0.25) is 0 Å². The van der Waals surface area contributed by atoms with Gasteiger partial charge in [0.25, 0.3) is 0 Å². The molecular weight excluding hydrogens is 349 g/mol. The summed E-state index contributed by atoms with van der Waals surface area (Å²) in [6.07, 6.45) is -1.05. The van der Waals surface area contributed by atoms with Crippen molar-refractivity contribution in [1.82, 2.24) is 20.4 Å². The molecule has 2 N–H and O–H groups in total. The molecule has 0 fully saturated rings. The quantitative estimate of drug-likeness (QED) is 0.874. The van der Waals surface area contributed by atoms with E-state index in [1.165, 1.54) is 17.9 Å². The summed E-state index contributed by atoms with van der Waals surface area (Å²) in [5.41, 5.74) is 0.629. The Morgan fingerprint density at radius 3 is 2.85 bits per heavy atom. The van der Waals surface area contributed by atoms with Gasteiger partial charge in [-0.3, -0.25) is 4.68 Å². The molecule has 0 aliphatic carbocycles. The van der Waals surface area contributed by atoms with Crippen LogP contribution in [0.5, 0.6) is 5.75 Å². The Balaban J connectivity index is 1.75. The zero-order chi connectivity index (χ0) is 18.7. The summed E-state index contributed by atoms with van der Waals surface area (Å²) in [5.74, 6) is 0.634. The Bertz CT molecular complexity index is 775. The van der Waals surface area contributed by atoms with Crippen molar-refractivity contribution in [2.24, 2.45) is 7.05 Å². The first-order valence-electron chi connectivity index (χ1n) is 8.18. The van der Waals surface area contributed by atoms with Crippen LogP contribution in [0.15, 0.2) is 36.7 Å².